The van der Waals surface area contributed by atoms with E-state index in [0.717, 1.165) is 30.7 Å². The largest absolute Gasteiger partial charge is 0.382 e. The van der Waals surface area contributed by atoms with Crippen LogP contribution in [0.25, 0.3) is 0 Å². The van der Waals surface area contributed by atoms with Gasteiger partial charge < -0.3 is 10.3 Å². The zero-order valence-corrected chi connectivity index (χ0v) is 9.97. The van der Waals surface area contributed by atoms with Crippen LogP contribution in [0.2, 0.25) is 0 Å². The van der Waals surface area contributed by atoms with E-state index in [1.165, 1.54) is 11.8 Å². The van der Waals surface area contributed by atoms with Gasteiger partial charge in [0, 0.05) is 11.8 Å². The molecule has 2 heterocycles. The molecule has 3 rings (SSSR count). The van der Waals surface area contributed by atoms with E-state index in [-0.39, 0.29) is 5.56 Å². The Kier molecular flexibility index (Phi) is 2.59. The molecule has 92 valence electrons. The molecule has 0 saturated heterocycles. The van der Waals surface area contributed by atoms with E-state index in [1.807, 2.05) is 6.07 Å². The summed E-state index contributed by atoms with van der Waals surface area (Å²) in [6.45, 7) is 0.468. The molecule has 5 heteroatoms. The lowest BCUT2D eigenvalue weighted by molar-refractivity contribution is 0.691. The molecule has 2 aromatic heterocycles. The van der Waals surface area contributed by atoms with Crippen molar-refractivity contribution in [1.29, 1.82) is 0 Å². The van der Waals surface area contributed by atoms with Crippen LogP contribution in [-0.4, -0.2) is 14.5 Å². The molecule has 0 aliphatic heterocycles. The Hall–Kier alpha value is -2.17. The Morgan fingerprint density at radius 1 is 1.22 bits per heavy atom. The molecule has 0 amide bonds. The maximum Gasteiger partial charge on any atom is 0.251 e. The maximum absolute atomic E-state index is 11.9. The molecule has 0 aromatic carbocycles. The normalized spacial score (nSPS) is 13.6. The zero-order chi connectivity index (χ0) is 12.5. The highest BCUT2D eigenvalue weighted by atomic mass is 16.1. The summed E-state index contributed by atoms with van der Waals surface area (Å²) in [7, 11) is 0. The average molecular weight is 242 g/mol. The third kappa shape index (κ3) is 1.88. The van der Waals surface area contributed by atoms with Gasteiger partial charge in [0.2, 0.25) is 0 Å². The quantitative estimate of drug-likeness (QED) is 0.843. The first-order chi connectivity index (χ1) is 8.74. The first kappa shape index (κ1) is 11.0. The molecule has 0 unspecified atom stereocenters. The molecule has 1 aliphatic rings. The number of pyridine rings is 1. The lowest BCUT2D eigenvalue weighted by Gasteiger charge is -2.11. The molecule has 0 atom stereocenters. The van der Waals surface area contributed by atoms with Crippen molar-refractivity contribution >= 4 is 5.82 Å². The van der Waals surface area contributed by atoms with Crippen LogP contribution >= 0.6 is 0 Å². The summed E-state index contributed by atoms with van der Waals surface area (Å²) in [5.74, 6) is 0.393. The molecule has 18 heavy (non-hydrogen) atoms. The topological polar surface area (TPSA) is 73.8 Å². The zero-order valence-electron chi connectivity index (χ0n) is 9.97. The summed E-state index contributed by atoms with van der Waals surface area (Å²) < 4.78 is 1.79. The van der Waals surface area contributed by atoms with Crippen LogP contribution in [0.3, 0.4) is 0 Å². The molecule has 2 aromatic rings. The fraction of sp³-hybridized carbons (Fsp3) is 0.308. The Labute approximate surface area is 104 Å². The van der Waals surface area contributed by atoms with Crippen molar-refractivity contribution in [3.05, 3.63) is 51.8 Å². The van der Waals surface area contributed by atoms with Gasteiger partial charge in [-0.1, -0.05) is 6.07 Å². The molecule has 0 fully saturated rings. The predicted octanol–water partition coefficient (Wildman–Crippen LogP) is 0.758. The summed E-state index contributed by atoms with van der Waals surface area (Å²) in [6.07, 6.45) is 6.28. The van der Waals surface area contributed by atoms with Gasteiger partial charge in [-0.3, -0.25) is 9.78 Å². The van der Waals surface area contributed by atoms with Crippen molar-refractivity contribution in [2.45, 2.75) is 25.8 Å². The number of hydrogen-bond acceptors (Lipinski definition) is 4. The second-order valence-corrected chi connectivity index (χ2v) is 4.52. The first-order valence-corrected chi connectivity index (χ1v) is 6.02. The lowest BCUT2D eigenvalue weighted by Crippen LogP contribution is -2.23. The van der Waals surface area contributed by atoms with Gasteiger partial charge in [0.25, 0.3) is 5.56 Å². The van der Waals surface area contributed by atoms with Gasteiger partial charge in [-0.25, -0.2) is 4.98 Å². The van der Waals surface area contributed by atoms with Crippen LogP contribution in [0.5, 0.6) is 0 Å². The standard InChI is InChI=1S/C13H14N4O/c14-12-7-15-10(6-16-12)8-17-11-3-1-2-9(11)4-5-13(17)18/h4-7H,1-3,8H2,(H2,14,16). The first-order valence-electron chi connectivity index (χ1n) is 6.02. The number of rotatable bonds is 2. The number of nitrogen functional groups attached to an aromatic ring is 1. The van der Waals surface area contributed by atoms with Crippen LogP contribution in [0, 0.1) is 0 Å². The van der Waals surface area contributed by atoms with E-state index in [1.54, 1.807) is 16.8 Å². The van der Waals surface area contributed by atoms with Gasteiger partial charge in [0.05, 0.1) is 24.6 Å². The molecule has 1 aliphatic carbocycles. The molecule has 0 bridgehead atoms. The van der Waals surface area contributed by atoms with Crippen molar-refractivity contribution < 1.29 is 0 Å². The van der Waals surface area contributed by atoms with Crippen LogP contribution in [0.4, 0.5) is 5.82 Å². The number of nitrogens with zero attached hydrogens (tertiary/aromatic N) is 3. The van der Waals surface area contributed by atoms with Crippen molar-refractivity contribution in [1.82, 2.24) is 14.5 Å². The summed E-state index contributed by atoms with van der Waals surface area (Å²) in [5.41, 5.74) is 8.69. The Balaban J connectivity index is 2.00. The highest BCUT2D eigenvalue weighted by molar-refractivity contribution is 5.27. The number of nitrogens with two attached hydrogens (primary N) is 1. The molecule has 0 spiro atoms. The summed E-state index contributed by atoms with van der Waals surface area (Å²) in [4.78, 5) is 20.1. The molecular formula is C13H14N4O. The van der Waals surface area contributed by atoms with E-state index < -0.39 is 0 Å². The average Bonchev–Trinajstić information content (AvgIpc) is 2.84. The van der Waals surface area contributed by atoms with E-state index in [9.17, 15) is 4.79 Å². The summed E-state index contributed by atoms with van der Waals surface area (Å²) >= 11 is 0. The highest BCUT2D eigenvalue weighted by Crippen LogP contribution is 2.20. The van der Waals surface area contributed by atoms with Crippen LogP contribution in [0.1, 0.15) is 23.4 Å². The van der Waals surface area contributed by atoms with E-state index in [4.69, 9.17) is 5.73 Å². The fourth-order valence-electron chi connectivity index (χ4n) is 2.42. The molecule has 0 saturated carbocycles. The molecule has 2 N–H and O–H groups in total. The fourth-order valence-corrected chi connectivity index (χ4v) is 2.42. The van der Waals surface area contributed by atoms with Gasteiger partial charge in [0.15, 0.2) is 0 Å². The van der Waals surface area contributed by atoms with Crippen LogP contribution in [-0.2, 0) is 19.4 Å². The SMILES string of the molecule is Nc1cnc(Cn2c3c(ccc2=O)CCC3)cn1. The Bertz CT molecular complexity index is 630. The number of aromatic nitrogens is 3. The van der Waals surface area contributed by atoms with Crippen LogP contribution in [0.15, 0.2) is 29.3 Å². The van der Waals surface area contributed by atoms with Crippen molar-refractivity contribution in [3.63, 3.8) is 0 Å². The lowest BCUT2D eigenvalue weighted by atomic mass is 10.2. The van der Waals surface area contributed by atoms with E-state index >= 15 is 0 Å². The van der Waals surface area contributed by atoms with Crippen LogP contribution < -0.4 is 11.3 Å². The predicted molar refractivity (Wildman–Crippen MR) is 68.3 cm³/mol. The third-order valence-electron chi connectivity index (χ3n) is 3.29. The second kappa shape index (κ2) is 4.25. The third-order valence-corrected chi connectivity index (χ3v) is 3.29. The Morgan fingerprint density at radius 3 is 2.89 bits per heavy atom. The van der Waals surface area contributed by atoms with Crippen molar-refractivity contribution in [3.8, 4) is 0 Å². The Morgan fingerprint density at radius 2 is 2.11 bits per heavy atom. The number of anilines is 1. The smallest absolute Gasteiger partial charge is 0.251 e. The van der Waals surface area contributed by atoms with Crippen molar-refractivity contribution in [2.75, 3.05) is 5.73 Å². The highest BCUT2D eigenvalue weighted by Gasteiger charge is 2.16. The monoisotopic (exact) mass is 242 g/mol. The minimum absolute atomic E-state index is 0.0225. The summed E-state index contributed by atoms with van der Waals surface area (Å²) in [6, 6.07) is 3.57. The minimum Gasteiger partial charge on any atom is -0.382 e. The van der Waals surface area contributed by atoms with E-state index in [2.05, 4.69) is 9.97 Å². The maximum atomic E-state index is 11.9. The summed E-state index contributed by atoms with van der Waals surface area (Å²) in [5, 5.41) is 0. The number of aryl methyl sites for hydroxylation is 1. The van der Waals surface area contributed by atoms with Gasteiger partial charge in [-0.2, -0.15) is 0 Å². The second-order valence-electron chi connectivity index (χ2n) is 4.52. The molecule has 5 nitrogen and oxygen atoms in total. The van der Waals surface area contributed by atoms with Gasteiger partial charge in [0.1, 0.15) is 5.82 Å². The van der Waals surface area contributed by atoms with Gasteiger partial charge >= 0.3 is 0 Å². The van der Waals surface area contributed by atoms with E-state index in [0.29, 0.717) is 12.4 Å². The number of hydrogen-bond donors (Lipinski definition) is 1. The molecule has 0 radical (unpaired) electrons. The number of fused-ring (bicyclic) bond motifs is 1. The van der Waals surface area contributed by atoms with Gasteiger partial charge in [-0.15, -0.1) is 0 Å². The van der Waals surface area contributed by atoms with Crippen molar-refractivity contribution in [2.24, 2.45) is 0 Å². The van der Waals surface area contributed by atoms with Gasteiger partial charge in [-0.05, 0) is 24.8 Å². The molecular weight excluding hydrogens is 228 g/mol. The minimum atomic E-state index is 0.0225.